The van der Waals surface area contributed by atoms with Crippen LogP contribution in [0.4, 0.5) is 11.5 Å². The maximum Gasteiger partial charge on any atom is 0.276 e. The summed E-state index contributed by atoms with van der Waals surface area (Å²) in [5, 5.41) is 8.15. The summed E-state index contributed by atoms with van der Waals surface area (Å²) in [6.07, 6.45) is 4.28. The quantitative estimate of drug-likeness (QED) is 0.547. The predicted octanol–water partition coefficient (Wildman–Crippen LogP) is 3.04. The van der Waals surface area contributed by atoms with Crippen molar-refractivity contribution in [2.45, 2.75) is 18.9 Å². The number of amides is 2. The first kappa shape index (κ1) is 22.0. The molecule has 1 atom stereocenters. The molecule has 2 aromatic heterocycles. The first-order valence-corrected chi connectivity index (χ1v) is 11.3. The predicted molar refractivity (Wildman–Crippen MR) is 127 cm³/mol. The summed E-state index contributed by atoms with van der Waals surface area (Å²) in [7, 11) is 0. The van der Waals surface area contributed by atoms with Gasteiger partial charge in [-0.3, -0.25) is 14.3 Å². The molecule has 2 amide bonds. The number of hydrogen-bond acceptors (Lipinski definition) is 7. The van der Waals surface area contributed by atoms with E-state index >= 15 is 0 Å². The van der Waals surface area contributed by atoms with E-state index in [2.05, 4.69) is 22.0 Å². The Hall–Kier alpha value is -3.79. The second-order valence-corrected chi connectivity index (χ2v) is 8.51. The van der Waals surface area contributed by atoms with Gasteiger partial charge in [0.1, 0.15) is 19.0 Å². The van der Waals surface area contributed by atoms with Crippen LogP contribution in [-0.2, 0) is 4.79 Å². The van der Waals surface area contributed by atoms with Gasteiger partial charge in [-0.15, -0.1) is 0 Å². The average Bonchev–Trinajstić information content (AvgIpc) is 3.28. The highest BCUT2D eigenvalue weighted by Crippen LogP contribution is 2.35. The second kappa shape index (κ2) is 8.86. The molecule has 0 saturated carbocycles. The number of carbonyl (C=O) groups is 2. The molecule has 11 heteroatoms. The molecule has 4 heterocycles. The van der Waals surface area contributed by atoms with Crippen LogP contribution in [0.15, 0.2) is 37.1 Å². The molecule has 0 spiro atoms. The SMILES string of the molecule is C=CC(=O)N1CCCC(n2nc(C(=O)Nc3ccc4c(c3)OCCO4)c3c(N)ncc(Cl)c32)C1. The van der Waals surface area contributed by atoms with Crippen molar-refractivity contribution in [1.29, 1.82) is 0 Å². The fraction of sp³-hybridized carbons (Fsp3) is 0.304. The number of pyridine rings is 1. The van der Waals surface area contributed by atoms with Crippen LogP contribution in [0.25, 0.3) is 10.9 Å². The number of likely N-dealkylation sites (tertiary alicyclic amines) is 1. The van der Waals surface area contributed by atoms with Gasteiger partial charge in [0, 0.05) is 24.8 Å². The van der Waals surface area contributed by atoms with Crippen LogP contribution in [0.2, 0.25) is 5.02 Å². The van der Waals surface area contributed by atoms with Gasteiger partial charge in [-0.2, -0.15) is 5.10 Å². The smallest absolute Gasteiger partial charge is 0.276 e. The maximum absolute atomic E-state index is 13.3. The first-order chi connectivity index (χ1) is 16.5. The van der Waals surface area contributed by atoms with Gasteiger partial charge < -0.3 is 25.4 Å². The van der Waals surface area contributed by atoms with Gasteiger partial charge in [-0.25, -0.2) is 4.98 Å². The van der Waals surface area contributed by atoms with Crippen molar-refractivity contribution in [3.05, 3.63) is 47.8 Å². The number of aromatic nitrogens is 3. The number of fused-ring (bicyclic) bond motifs is 2. The van der Waals surface area contributed by atoms with Gasteiger partial charge in [0.05, 0.1) is 28.2 Å². The summed E-state index contributed by atoms with van der Waals surface area (Å²) in [6.45, 7) is 5.54. The Labute approximate surface area is 200 Å². The Morgan fingerprint density at radius 1 is 1.26 bits per heavy atom. The van der Waals surface area contributed by atoms with Gasteiger partial charge in [-0.05, 0) is 31.1 Å². The molecule has 0 aliphatic carbocycles. The van der Waals surface area contributed by atoms with Gasteiger partial charge in [0.2, 0.25) is 5.91 Å². The number of hydrogen-bond donors (Lipinski definition) is 2. The van der Waals surface area contributed by atoms with E-state index in [1.165, 1.54) is 12.3 Å². The van der Waals surface area contributed by atoms with Gasteiger partial charge in [0.25, 0.3) is 5.91 Å². The van der Waals surface area contributed by atoms with Crippen LogP contribution in [0.1, 0.15) is 29.4 Å². The number of benzene rings is 1. The zero-order chi connectivity index (χ0) is 23.8. The van der Waals surface area contributed by atoms with Crippen LogP contribution in [0, 0.1) is 0 Å². The van der Waals surface area contributed by atoms with Crippen molar-refractivity contribution in [1.82, 2.24) is 19.7 Å². The van der Waals surface area contributed by atoms with Crippen LogP contribution in [-0.4, -0.2) is 57.8 Å². The molecule has 0 bridgehead atoms. The lowest BCUT2D eigenvalue weighted by atomic mass is 10.1. The van der Waals surface area contributed by atoms with E-state index in [4.69, 9.17) is 26.8 Å². The Morgan fingerprint density at radius 3 is 2.85 bits per heavy atom. The van der Waals surface area contributed by atoms with E-state index in [0.717, 1.165) is 12.8 Å². The van der Waals surface area contributed by atoms with E-state index in [0.29, 0.717) is 59.4 Å². The Bertz CT molecular complexity index is 1310. The van der Waals surface area contributed by atoms with Crippen molar-refractivity contribution in [2.24, 2.45) is 0 Å². The standard InChI is InChI=1S/C23H23ClN6O4/c1-2-18(31)29-7-3-4-14(12-29)30-21-15(24)11-26-22(25)19(21)20(28-30)23(32)27-13-5-6-16-17(10-13)34-9-8-33-16/h2,5-6,10-11,14H,1,3-4,7-9,12H2,(H2,25,26)(H,27,32). The summed E-state index contributed by atoms with van der Waals surface area (Å²) in [4.78, 5) is 31.3. The molecule has 10 nitrogen and oxygen atoms in total. The molecule has 3 N–H and O–H groups in total. The molecule has 1 unspecified atom stereocenters. The van der Waals surface area contributed by atoms with E-state index in [9.17, 15) is 9.59 Å². The van der Waals surface area contributed by atoms with Crippen LogP contribution < -0.4 is 20.5 Å². The number of ether oxygens (including phenoxy) is 2. The highest BCUT2D eigenvalue weighted by Gasteiger charge is 2.30. The number of carbonyl (C=O) groups excluding carboxylic acids is 2. The third kappa shape index (κ3) is 3.90. The second-order valence-electron chi connectivity index (χ2n) is 8.11. The molecule has 1 saturated heterocycles. The molecule has 2 aliphatic rings. The molecule has 34 heavy (non-hydrogen) atoms. The summed E-state index contributed by atoms with van der Waals surface area (Å²) >= 11 is 6.50. The number of nitrogen functional groups attached to an aromatic ring is 1. The van der Waals surface area contributed by atoms with Crippen LogP contribution in [0.3, 0.4) is 0 Å². The number of piperidine rings is 1. The zero-order valence-corrected chi connectivity index (χ0v) is 19.0. The molecule has 2 aliphatic heterocycles. The number of nitrogens with zero attached hydrogens (tertiary/aromatic N) is 4. The molecule has 3 aromatic rings. The summed E-state index contributed by atoms with van der Waals surface area (Å²) in [5.41, 5.74) is 7.30. The fourth-order valence-corrected chi connectivity index (χ4v) is 4.61. The van der Waals surface area contributed by atoms with Crippen molar-refractivity contribution in [3.8, 4) is 11.5 Å². The van der Waals surface area contributed by atoms with Gasteiger partial charge in [0.15, 0.2) is 17.2 Å². The number of nitrogens with two attached hydrogens (primary N) is 1. The topological polar surface area (TPSA) is 125 Å². The molecule has 5 rings (SSSR count). The van der Waals surface area contributed by atoms with E-state index in [1.54, 1.807) is 27.8 Å². The third-order valence-corrected chi connectivity index (χ3v) is 6.23. The lowest BCUT2D eigenvalue weighted by Crippen LogP contribution is -2.40. The first-order valence-electron chi connectivity index (χ1n) is 10.9. The highest BCUT2D eigenvalue weighted by molar-refractivity contribution is 6.36. The minimum atomic E-state index is -0.467. The van der Waals surface area contributed by atoms with E-state index in [-0.39, 0.29) is 23.5 Å². The van der Waals surface area contributed by atoms with Crippen LogP contribution in [0.5, 0.6) is 11.5 Å². The van der Waals surface area contributed by atoms with Crippen LogP contribution >= 0.6 is 11.6 Å². The van der Waals surface area contributed by atoms with Crippen molar-refractivity contribution in [3.63, 3.8) is 0 Å². The molecule has 1 fully saturated rings. The van der Waals surface area contributed by atoms with Gasteiger partial charge in [-0.1, -0.05) is 18.2 Å². The largest absolute Gasteiger partial charge is 0.486 e. The summed E-state index contributed by atoms with van der Waals surface area (Å²) in [6, 6.07) is 4.97. The monoisotopic (exact) mass is 482 g/mol. The molecular weight excluding hydrogens is 460 g/mol. The minimum Gasteiger partial charge on any atom is -0.486 e. The Balaban J connectivity index is 1.51. The number of anilines is 2. The molecule has 176 valence electrons. The third-order valence-electron chi connectivity index (χ3n) is 5.95. The number of rotatable bonds is 4. The summed E-state index contributed by atoms with van der Waals surface area (Å²) < 4.78 is 12.8. The minimum absolute atomic E-state index is 0.101. The Kier molecular flexibility index (Phi) is 5.74. The van der Waals surface area contributed by atoms with Crippen molar-refractivity contribution in [2.75, 3.05) is 37.4 Å². The maximum atomic E-state index is 13.3. The number of nitrogens with one attached hydrogen (secondary N) is 1. The zero-order valence-electron chi connectivity index (χ0n) is 18.3. The molecule has 1 aromatic carbocycles. The average molecular weight is 483 g/mol. The molecular formula is C23H23ClN6O4. The summed E-state index contributed by atoms with van der Waals surface area (Å²) in [5.74, 6) is 0.705. The number of halogens is 1. The van der Waals surface area contributed by atoms with Crippen molar-refractivity contribution >= 4 is 45.8 Å². The van der Waals surface area contributed by atoms with Gasteiger partial charge >= 0.3 is 0 Å². The van der Waals surface area contributed by atoms with E-state index in [1.807, 2.05) is 0 Å². The van der Waals surface area contributed by atoms with Crippen molar-refractivity contribution < 1.29 is 19.1 Å². The molecule has 0 radical (unpaired) electrons. The Morgan fingerprint density at radius 2 is 2.06 bits per heavy atom. The normalized spacial score (nSPS) is 17.4. The highest BCUT2D eigenvalue weighted by atomic mass is 35.5. The van der Waals surface area contributed by atoms with E-state index < -0.39 is 5.91 Å². The lowest BCUT2D eigenvalue weighted by Gasteiger charge is -2.32. The fourth-order valence-electron chi connectivity index (χ4n) is 4.38. The lowest BCUT2D eigenvalue weighted by molar-refractivity contribution is -0.127.